The van der Waals surface area contributed by atoms with Gasteiger partial charge in [-0.3, -0.25) is 4.79 Å². The van der Waals surface area contributed by atoms with Crippen LogP contribution in [-0.4, -0.2) is 39.3 Å². The normalized spacial score (nSPS) is 11.5. The van der Waals surface area contributed by atoms with Crippen molar-refractivity contribution < 1.29 is 17.9 Å². The van der Waals surface area contributed by atoms with Crippen LogP contribution in [0, 0.1) is 0 Å². The summed E-state index contributed by atoms with van der Waals surface area (Å²) in [6.45, 7) is 2.11. The molecule has 0 bridgehead atoms. The summed E-state index contributed by atoms with van der Waals surface area (Å²) in [4.78, 5) is 15.1. The first kappa shape index (κ1) is 23.3. The van der Waals surface area contributed by atoms with Gasteiger partial charge in [0, 0.05) is 35.3 Å². The van der Waals surface area contributed by atoms with Crippen molar-refractivity contribution in [2.24, 2.45) is 0 Å². The van der Waals surface area contributed by atoms with Crippen LogP contribution < -0.4 is 10.1 Å². The molecule has 1 amide bonds. The number of amides is 1. The summed E-state index contributed by atoms with van der Waals surface area (Å²) < 4.78 is 32.0. The van der Waals surface area contributed by atoms with Gasteiger partial charge in [-0.1, -0.05) is 18.2 Å². The molecule has 1 aromatic heterocycles. The Morgan fingerprint density at radius 2 is 1.90 bits per heavy atom. The molecule has 164 valence electrons. The number of nitrogens with one attached hydrogen (secondary N) is 1. The minimum absolute atomic E-state index is 0.0116. The lowest BCUT2D eigenvalue weighted by molar-refractivity contribution is 0.102. The van der Waals surface area contributed by atoms with Gasteiger partial charge in [0.25, 0.3) is 5.91 Å². The maximum absolute atomic E-state index is 13.0. The highest BCUT2D eigenvalue weighted by atomic mass is 32.2. The average Bonchev–Trinajstić information content (AvgIpc) is 3.27. The van der Waals surface area contributed by atoms with E-state index in [0.717, 1.165) is 15.0 Å². The number of sulfonamides is 1. The Kier molecular flexibility index (Phi) is 7.77. The number of carbonyl (C=O) groups excluding carboxylic acids is 1. The maximum atomic E-state index is 13.0. The summed E-state index contributed by atoms with van der Waals surface area (Å²) in [5.41, 5.74) is 0.918. The number of thiophene rings is 1. The van der Waals surface area contributed by atoms with Gasteiger partial charge in [-0.05, 0) is 48.7 Å². The van der Waals surface area contributed by atoms with Gasteiger partial charge in [-0.15, -0.1) is 23.1 Å². The summed E-state index contributed by atoms with van der Waals surface area (Å²) in [7, 11) is -0.829. The molecule has 1 N–H and O–H groups in total. The second-order valence-electron chi connectivity index (χ2n) is 6.70. The highest BCUT2D eigenvalue weighted by Gasteiger charge is 2.23. The first-order valence-corrected chi connectivity index (χ1v) is 12.9. The van der Waals surface area contributed by atoms with E-state index in [1.54, 1.807) is 48.2 Å². The number of thioether (sulfide) groups is 1. The highest BCUT2D eigenvalue weighted by Crippen LogP contribution is 2.31. The monoisotopic (exact) mass is 476 g/mol. The predicted octanol–water partition coefficient (Wildman–Crippen LogP) is 4.94. The Bertz CT molecular complexity index is 1140. The van der Waals surface area contributed by atoms with Gasteiger partial charge in [0.05, 0.1) is 12.2 Å². The van der Waals surface area contributed by atoms with Crippen LogP contribution in [-0.2, 0) is 15.8 Å². The minimum atomic E-state index is -3.74. The smallest absolute Gasteiger partial charge is 0.256 e. The van der Waals surface area contributed by atoms with Crippen LogP contribution in [0.15, 0.2) is 69.8 Å². The zero-order valence-corrected chi connectivity index (χ0v) is 19.9. The molecule has 6 nitrogen and oxygen atoms in total. The third-order valence-corrected chi connectivity index (χ3v) is 8.36. The van der Waals surface area contributed by atoms with Crippen molar-refractivity contribution >= 4 is 44.7 Å². The molecule has 1 heterocycles. The molecule has 0 radical (unpaired) electrons. The second kappa shape index (κ2) is 10.3. The predicted molar refractivity (Wildman–Crippen MR) is 127 cm³/mol. The van der Waals surface area contributed by atoms with Crippen molar-refractivity contribution in [3.05, 3.63) is 70.4 Å². The fraction of sp³-hybridized carbons (Fsp3) is 0.227. The third kappa shape index (κ3) is 5.68. The molecular weight excluding hydrogens is 452 g/mol. The Morgan fingerprint density at radius 1 is 1.13 bits per heavy atom. The number of nitrogens with zero attached hydrogens (tertiary/aromatic N) is 1. The van der Waals surface area contributed by atoms with Gasteiger partial charge in [-0.25, -0.2) is 12.7 Å². The molecule has 0 saturated carbocycles. The molecule has 0 atom stereocenters. The summed E-state index contributed by atoms with van der Waals surface area (Å²) in [5.74, 6) is 0.726. The van der Waals surface area contributed by atoms with E-state index < -0.39 is 10.0 Å². The standard InChI is InChI=1S/C22H24N2O4S3/c1-4-28-19-12-11-16(14-21(19)31(26,27)24(2)3)23-22(25)18-9-5-6-10-20(18)30-15-17-8-7-13-29-17/h5-14H,4,15H2,1-3H3,(H,23,25). The molecule has 0 saturated heterocycles. The number of anilines is 1. The van der Waals surface area contributed by atoms with Crippen molar-refractivity contribution in [1.82, 2.24) is 4.31 Å². The van der Waals surface area contributed by atoms with Crippen LogP contribution in [0.5, 0.6) is 5.75 Å². The SMILES string of the molecule is CCOc1ccc(NC(=O)c2ccccc2SCc2cccs2)cc1S(=O)(=O)N(C)C. The van der Waals surface area contributed by atoms with Crippen LogP contribution in [0.3, 0.4) is 0 Å². The molecule has 0 unspecified atom stereocenters. The van der Waals surface area contributed by atoms with E-state index >= 15 is 0 Å². The van der Waals surface area contributed by atoms with Crippen LogP contribution in [0.4, 0.5) is 5.69 Å². The first-order chi connectivity index (χ1) is 14.8. The van der Waals surface area contributed by atoms with E-state index in [4.69, 9.17) is 4.74 Å². The lowest BCUT2D eigenvalue weighted by atomic mass is 10.2. The average molecular weight is 477 g/mol. The topological polar surface area (TPSA) is 75.7 Å². The second-order valence-corrected chi connectivity index (χ2v) is 10.9. The van der Waals surface area contributed by atoms with Gasteiger partial charge < -0.3 is 10.1 Å². The van der Waals surface area contributed by atoms with Crippen molar-refractivity contribution in [3.8, 4) is 5.75 Å². The van der Waals surface area contributed by atoms with Crippen LogP contribution >= 0.6 is 23.1 Å². The van der Waals surface area contributed by atoms with Crippen molar-refractivity contribution in [3.63, 3.8) is 0 Å². The molecule has 0 spiro atoms. The van der Waals surface area contributed by atoms with E-state index in [0.29, 0.717) is 17.9 Å². The lowest BCUT2D eigenvalue weighted by Gasteiger charge is -2.17. The van der Waals surface area contributed by atoms with Crippen LogP contribution in [0.25, 0.3) is 0 Å². The summed E-state index contributed by atoms with van der Waals surface area (Å²) in [6.07, 6.45) is 0. The van der Waals surface area contributed by atoms with Gasteiger partial charge >= 0.3 is 0 Å². The third-order valence-electron chi connectivity index (χ3n) is 4.34. The number of hydrogen-bond acceptors (Lipinski definition) is 6. The van der Waals surface area contributed by atoms with Gasteiger partial charge in [-0.2, -0.15) is 0 Å². The van der Waals surface area contributed by atoms with Gasteiger partial charge in [0.15, 0.2) is 0 Å². The molecule has 2 aromatic carbocycles. The molecule has 3 aromatic rings. The maximum Gasteiger partial charge on any atom is 0.256 e. The van der Waals surface area contributed by atoms with E-state index in [1.807, 2.05) is 29.6 Å². The number of ether oxygens (including phenoxy) is 1. The molecular formula is C22H24N2O4S3. The zero-order chi connectivity index (χ0) is 22.4. The zero-order valence-electron chi connectivity index (χ0n) is 17.5. The molecule has 0 fully saturated rings. The van der Waals surface area contributed by atoms with E-state index in [2.05, 4.69) is 11.4 Å². The number of carbonyl (C=O) groups is 1. The Labute approximate surface area is 191 Å². The molecule has 0 aliphatic heterocycles. The van der Waals surface area contributed by atoms with Crippen molar-refractivity contribution in [1.29, 1.82) is 0 Å². The van der Waals surface area contributed by atoms with Crippen LogP contribution in [0.2, 0.25) is 0 Å². The summed E-state index contributed by atoms with van der Waals surface area (Å²) in [6, 6.07) is 16.1. The Morgan fingerprint density at radius 3 is 2.58 bits per heavy atom. The summed E-state index contributed by atoms with van der Waals surface area (Å²) >= 11 is 3.27. The Balaban J connectivity index is 1.85. The molecule has 9 heteroatoms. The van der Waals surface area contributed by atoms with Crippen LogP contribution in [0.1, 0.15) is 22.2 Å². The van der Waals surface area contributed by atoms with E-state index in [-0.39, 0.29) is 16.6 Å². The first-order valence-electron chi connectivity index (χ1n) is 9.58. The largest absolute Gasteiger partial charge is 0.492 e. The molecule has 3 rings (SSSR count). The number of rotatable bonds is 9. The molecule has 0 aliphatic rings. The Hall–Kier alpha value is -2.33. The quantitative estimate of drug-likeness (QED) is 0.443. The van der Waals surface area contributed by atoms with Gasteiger partial charge in [0.2, 0.25) is 10.0 Å². The lowest BCUT2D eigenvalue weighted by Crippen LogP contribution is -2.23. The van der Waals surface area contributed by atoms with E-state index in [1.165, 1.54) is 25.0 Å². The van der Waals surface area contributed by atoms with Crippen molar-refractivity contribution in [2.45, 2.75) is 22.5 Å². The highest BCUT2D eigenvalue weighted by molar-refractivity contribution is 7.98. The summed E-state index contributed by atoms with van der Waals surface area (Å²) in [5, 5.41) is 4.85. The fourth-order valence-corrected chi connectivity index (χ4v) is 5.65. The van der Waals surface area contributed by atoms with E-state index in [9.17, 15) is 13.2 Å². The fourth-order valence-electron chi connectivity index (χ4n) is 2.78. The number of benzene rings is 2. The minimum Gasteiger partial charge on any atom is -0.492 e. The molecule has 0 aliphatic carbocycles. The molecule has 31 heavy (non-hydrogen) atoms. The van der Waals surface area contributed by atoms with Crippen molar-refractivity contribution in [2.75, 3.05) is 26.0 Å². The number of hydrogen-bond donors (Lipinski definition) is 1. The van der Waals surface area contributed by atoms with Gasteiger partial charge in [0.1, 0.15) is 10.6 Å².